The van der Waals surface area contributed by atoms with Gasteiger partial charge in [-0.2, -0.15) is 0 Å². The van der Waals surface area contributed by atoms with E-state index >= 15 is 0 Å². The number of hydrogen-bond donors (Lipinski definition) is 1. The molecule has 0 bridgehead atoms. The molecular weight excluding hydrogens is 212 g/mol. The molecule has 1 atom stereocenters. The Labute approximate surface area is 105 Å². The molecule has 1 heterocycles. The average molecular weight is 238 g/mol. The highest BCUT2D eigenvalue weighted by Crippen LogP contribution is 2.44. The highest BCUT2D eigenvalue weighted by Gasteiger charge is 2.39. The summed E-state index contributed by atoms with van der Waals surface area (Å²) >= 11 is 0. The second kappa shape index (κ2) is 4.97. The van der Waals surface area contributed by atoms with Crippen molar-refractivity contribution in [3.8, 4) is 0 Å². The van der Waals surface area contributed by atoms with Crippen molar-refractivity contribution in [3.63, 3.8) is 0 Å². The summed E-state index contributed by atoms with van der Waals surface area (Å²) in [4.78, 5) is 13.9. The zero-order valence-corrected chi connectivity index (χ0v) is 11.5. The zero-order valence-electron chi connectivity index (χ0n) is 11.5. The van der Waals surface area contributed by atoms with E-state index in [9.17, 15) is 4.79 Å². The van der Waals surface area contributed by atoms with E-state index in [0.29, 0.717) is 12.0 Å². The first-order valence-electron chi connectivity index (χ1n) is 7.05. The lowest BCUT2D eigenvalue weighted by atomic mass is 9.78. The largest absolute Gasteiger partial charge is 0.326 e. The van der Waals surface area contributed by atoms with Gasteiger partial charge in [0.15, 0.2) is 0 Å². The molecule has 0 aromatic carbocycles. The summed E-state index contributed by atoms with van der Waals surface area (Å²) < 4.78 is 0. The lowest BCUT2D eigenvalue weighted by Gasteiger charge is -2.36. The number of carbonyl (C=O) groups is 1. The molecule has 1 unspecified atom stereocenters. The number of rotatable bonds is 4. The third-order valence-corrected chi connectivity index (χ3v) is 4.35. The summed E-state index contributed by atoms with van der Waals surface area (Å²) in [5.74, 6) is 1.02. The maximum atomic E-state index is 11.9. The highest BCUT2D eigenvalue weighted by atomic mass is 16.2. The molecule has 3 heteroatoms. The van der Waals surface area contributed by atoms with Crippen molar-refractivity contribution in [2.45, 2.75) is 59.0 Å². The Bertz CT molecular complexity index is 282. The molecule has 1 saturated carbocycles. The Hall–Kier alpha value is -0.570. The fourth-order valence-corrected chi connectivity index (χ4v) is 3.67. The third-order valence-electron chi connectivity index (χ3n) is 4.35. The predicted molar refractivity (Wildman–Crippen MR) is 69.5 cm³/mol. The van der Waals surface area contributed by atoms with E-state index in [-0.39, 0.29) is 12.1 Å². The molecule has 0 radical (unpaired) electrons. The Morgan fingerprint density at radius 2 is 2.06 bits per heavy atom. The van der Waals surface area contributed by atoms with Gasteiger partial charge in [0.25, 0.3) is 0 Å². The van der Waals surface area contributed by atoms with Gasteiger partial charge in [0, 0.05) is 6.54 Å². The SMILES string of the molecule is CC(C)CC1(CN2C(=O)CNC2C)CCCC1. The van der Waals surface area contributed by atoms with Crippen LogP contribution in [0.2, 0.25) is 0 Å². The molecular formula is C14H26N2O. The van der Waals surface area contributed by atoms with Crippen molar-refractivity contribution in [1.82, 2.24) is 10.2 Å². The summed E-state index contributed by atoms with van der Waals surface area (Å²) in [7, 11) is 0. The fourth-order valence-electron chi connectivity index (χ4n) is 3.67. The van der Waals surface area contributed by atoms with Crippen LogP contribution in [-0.4, -0.2) is 30.1 Å². The second-order valence-corrected chi connectivity index (χ2v) is 6.38. The minimum atomic E-state index is 0.229. The van der Waals surface area contributed by atoms with Crippen molar-refractivity contribution in [2.75, 3.05) is 13.1 Å². The molecule has 3 nitrogen and oxygen atoms in total. The Morgan fingerprint density at radius 1 is 1.41 bits per heavy atom. The summed E-state index contributed by atoms with van der Waals surface area (Å²) in [5.41, 5.74) is 0.407. The van der Waals surface area contributed by atoms with Crippen LogP contribution in [0.1, 0.15) is 52.9 Å². The fraction of sp³-hybridized carbons (Fsp3) is 0.929. The van der Waals surface area contributed by atoms with Gasteiger partial charge in [-0.15, -0.1) is 0 Å². The van der Waals surface area contributed by atoms with E-state index in [1.54, 1.807) is 0 Å². The first kappa shape index (κ1) is 12.9. The maximum absolute atomic E-state index is 11.9. The molecule has 1 saturated heterocycles. The Balaban J connectivity index is 2.04. The maximum Gasteiger partial charge on any atom is 0.237 e. The molecule has 1 aliphatic carbocycles. The predicted octanol–water partition coefficient (Wildman–Crippen LogP) is 2.37. The molecule has 0 aromatic rings. The van der Waals surface area contributed by atoms with Crippen LogP contribution in [-0.2, 0) is 4.79 Å². The molecule has 1 amide bonds. The van der Waals surface area contributed by atoms with Crippen LogP contribution in [0.5, 0.6) is 0 Å². The van der Waals surface area contributed by atoms with E-state index in [2.05, 4.69) is 31.0 Å². The van der Waals surface area contributed by atoms with Gasteiger partial charge in [-0.1, -0.05) is 26.7 Å². The Morgan fingerprint density at radius 3 is 2.53 bits per heavy atom. The van der Waals surface area contributed by atoms with Gasteiger partial charge in [0.1, 0.15) is 0 Å². The zero-order chi connectivity index (χ0) is 12.5. The summed E-state index contributed by atoms with van der Waals surface area (Å²) in [5, 5.41) is 3.24. The third kappa shape index (κ3) is 2.82. The van der Waals surface area contributed by atoms with Crippen LogP contribution >= 0.6 is 0 Å². The van der Waals surface area contributed by atoms with Crippen molar-refractivity contribution >= 4 is 5.91 Å². The molecule has 98 valence electrons. The molecule has 2 fully saturated rings. The van der Waals surface area contributed by atoms with Gasteiger partial charge in [-0.05, 0) is 37.5 Å². The molecule has 0 spiro atoms. The smallest absolute Gasteiger partial charge is 0.237 e. The van der Waals surface area contributed by atoms with Crippen LogP contribution < -0.4 is 5.32 Å². The standard InChI is InChI=1S/C14H26N2O/c1-11(2)8-14(6-4-5-7-14)10-16-12(3)15-9-13(16)17/h11-12,15H,4-10H2,1-3H3. The molecule has 2 aliphatic rings. The second-order valence-electron chi connectivity index (χ2n) is 6.38. The number of hydrogen-bond acceptors (Lipinski definition) is 2. The van der Waals surface area contributed by atoms with E-state index < -0.39 is 0 Å². The van der Waals surface area contributed by atoms with Gasteiger partial charge in [-0.3, -0.25) is 10.1 Å². The van der Waals surface area contributed by atoms with Crippen LogP contribution in [0.4, 0.5) is 0 Å². The molecule has 17 heavy (non-hydrogen) atoms. The lowest BCUT2D eigenvalue weighted by Crippen LogP contribution is -2.43. The van der Waals surface area contributed by atoms with E-state index in [4.69, 9.17) is 0 Å². The van der Waals surface area contributed by atoms with E-state index in [1.807, 2.05) is 0 Å². The van der Waals surface area contributed by atoms with Crippen LogP contribution in [0.3, 0.4) is 0 Å². The quantitative estimate of drug-likeness (QED) is 0.815. The van der Waals surface area contributed by atoms with Crippen molar-refractivity contribution in [1.29, 1.82) is 0 Å². The molecule has 1 N–H and O–H groups in total. The number of carbonyl (C=O) groups excluding carboxylic acids is 1. The molecule has 2 rings (SSSR count). The van der Waals surface area contributed by atoms with E-state index in [1.165, 1.54) is 32.1 Å². The molecule has 1 aliphatic heterocycles. The normalized spacial score (nSPS) is 28.4. The topological polar surface area (TPSA) is 32.3 Å². The van der Waals surface area contributed by atoms with Crippen LogP contribution in [0.15, 0.2) is 0 Å². The number of nitrogens with one attached hydrogen (secondary N) is 1. The minimum absolute atomic E-state index is 0.229. The van der Waals surface area contributed by atoms with Crippen LogP contribution in [0.25, 0.3) is 0 Å². The van der Waals surface area contributed by atoms with Crippen molar-refractivity contribution in [3.05, 3.63) is 0 Å². The molecule has 0 aromatic heterocycles. The first-order chi connectivity index (χ1) is 8.02. The van der Waals surface area contributed by atoms with Gasteiger partial charge in [0.2, 0.25) is 5.91 Å². The lowest BCUT2D eigenvalue weighted by molar-refractivity contribution is -0.129. The summed E-state index contributed by atoms with van der Waals surface area (Å²) in [6.07, 6.45) is 6.80. The number of nitrogens with zero attached hydrogens (tertiary/aromatic N) is 1. The van der Waals surface area contributed by atoms with Gasteiger partial charge >= 0.3 is 0 Å². The first-order valence-corrected chi connectivity index (χ1v) is 7.05. The van der Waals surface area contributed by atoms with E-state index in [0.717, 1.165) is 12.5 Å². The monoisotopic (exact) mass is 238 g/mol. The summed E-state index contributed by atoms with van der Waals surface area (Å²) in [6, 6.07) is 0. The minimum Gasteiger partial charge on any atom is -0.326 e. The van der Waals surface area contributed by atoms with Gasteiger partial charge < -0.3 is 4.90 Å². The van der Waals surface area contributed by atoms with Gasteiger partial charge in [-0.25, -0.2) is 0 Å². The Kier molecular flexibility index (Phi) is 3.76. The highest BCUT2D eigenvalue weighted by molar-refractivity contribution is 5.80. The van der Waals surface area contributed by atoms with Crippen molar-refractivity contribution in [2.24, 2.45) is 11.3 Å². The van der Waals surface area contributed by atoms with Gasteiger partial charge in [0.05, 0.1) is 12.7 Å². The van der Waals surface area contributed by atoms with Crippen LogP contribution in [0, 0.1) is 11.3 Å². The van der Waals surface area contributed by atoms with Crippen molar-refractivity contribution < 1.29 is 4.79 Å². The number of amides is 1. The average Bonchev–Trinajstić information content (AvgIpc) is 2.80. The summed E-state index contributed by atoms with van der Waals surface area (Å²) in [6.45, 7) is 8.20.